The van der Waals surface area contributed by atoms with Crippen LogP contribution >= 0.6 is 0 Å². The number of fused-ring (bicyclic) bond motifs is 3. The van der Waals surface area contributed by atoms with Gasteiger partial charge in [-0.1, -0.05) is 115 Å². The van der Waals surface area contributed by atoms with Gasteiger partial charge in [0.05, 0.1) is 5.56 Å². The van der Waals surface area contributed by atoms with Crippen LogP contribution in [0.4, 0.5) is 13.2 Å². The summed E-state index contributed by atoms with van der Waals surface area (Å²) in [5.74, 6) is 0.161. The van der Waals surface area contributed by atoms with E-state index >= 15 is 13.2 Å². The molecule has 0 amide bonds. The van der Waals surface area contributed by atoms with Gasteiger partial charge in [-0.2, -0.15) is 8.78 Å². The molecule has 1 saturated carbocycles. The van der Waals surface area contributed by atoms with Gasteiger partial charge in [-0.25, -0.2) is 4.39 Å². The Morgan fingerprint density at radius 2 is 1.36 bits per heavy atom. The fourth-order valence-corrected chi connectivity index (χ4v) is 6.67. The van der Waals surface area contributed by atoms with Gasteiger partial charge in [-0.05, 0) is 73.1 Å². The first kappa shape index (κ1) is 30.0. The molecule has 4 heteroatoms. The van der Waals surface area contributed by atoms with E-state index in [1.165, 1.54) is 70.6 Å². The standard InChI is InChI=1S/C35H49F3O/c1-3-5-7-9-10-12-13-15-26-17-19-27(20-18-26)29-22-23-30-31-24-21-28(16-14-11-8-6-4-2)33(36)34(31)39-35(37,38)32(30)25-29/h21-27H,3-20H2,1-2H3. The maximum Gasteiger partial charge on any atom is 0.427 e. The molecule has 1 aliphatic heterocycles. The summed E-state index contributed by atoms with van der Waals surface area (Å²) in [5, 5.41) is 0. The molecule has 2 aromatic rings. The minimum Gasteiger partial charge on any atom is -0.425 e. The van der Waals surface area contributed by atoms with E-state index in [-0.39, 0.29) is 11.3 Å². The van der Waals surface area contributed by atoms with Crippen LogP contribution in [0, 0.1) is 11.7 Å². The monoisotopic (exact) mass is 542 g/mol. The van der Waals surface area contributed by atoms with Crippen LogP contribution in [0.2, 0.25) is 0 Å². The second-order valence-corrected chi connectivity index (χ2v) is 12.1. The molecule has 0 radical (unpaired) electrons. The molecule has 1 aliphatic carbocycles. The van der Waals surface area contributed by atoms with Crippen molar-refractivity contribution in [2.24, 2.45) is 5.92 Å². The number of rotatable bonds is 15. The third kappa shape index (κ3) is 7.82. The van der Waals surface area contributed by atoms with Crippen LogP contribution in [-0.2, 0) is 12.5 Å². The van der Waals surface area contributed by atoms with Crippen molar-refractivity contribution in [2.45, 2.75) is 141 Å². The van der Waals surface area contributed by atoms with Crippen molar-refractivity contribution >= 4 is 0 Å². The van der Waals surface area contributed by atoms with Gasteiger partial charge in [0.1, 0.15) is 0 Å². The Morgan fingerprint density at radius 3 is 2.05 bits per heavy atom. The van der Waals surface area contributed by atoms with Crippen molar-refractivity contribution in [3.8, 4) is 16.9 Å². The summed E-state index contributed by atoms with van der Waals surface area (Å²) in [6, 6.07) is 8.92. The Bertz CT molecular complexity index is 1040. The van der Waals surface area contributed by atoms with Gasteiger partial charge < -0.3 is 4.74 Å². The summed E-state index contributed by atoms with van der Waals surface area (Å²) >= 11 is 0. The van der Waals surface area contributed by atoms with E-state index in [1.807, 2.05) is 6.07 Å². The van der Waals surface area contributed by atoms with Crippen LogP contribution in [0.25, 0.3) is 11.1 Å². The lowest BCUT2D eigenvalue weighted by Crippen LogP contribution is -2.28. The van der Waals surface area contributed by atoms with Crippen molar-refractivity contribution in [3.05, 3.63) is 52.8 Å². The molecule has 216 valence electrons. The molecule has 39 heavy (non-hydrogen) atoms. The number of ether oxygens (including phenoxy) is 1. The summed E-state index contributed by atoms with van der Waals surface area (Å²) in [6.07, 6.45) is 17.5. The highest BCUT2D eigenvalue weighted by Gasteiger charge is 2.44. The molecular weight excluding hydrogens is 493 g/mol. The molecule has 0 atom stereocenters. The average molecular weight is 543 g/mol. The summed E-state index contributed by atoms with van der Waals surface area (Å²) in [4.78, 5) is 0. The molecule has 1 heterocycles. The van der Waals surface area contributed by atoms with Gasteiger partial charge in [0.25, 0.3) is 0 Å². The molecular formula is C35H49F3O. The zero-order valence-corrected chi connectivity index (χ0v) is 24.3. The van der Waals surface area contributed by atoms with Crippen LogP contribution in [0.5, 0.6) is 5.75 Å². The summed E-state index contributed by atoms with van der Waals surface area (Å²) in [5.41, 5.74) is 2.15. The lowest BCUT2D eigenvalue weighted by molar-refractivity contribution is -0.188. The number of hydrogen-bond acceptors (Lipinski definition) is 1. The number of halogens is 3. The van der Waals surface area contributed by atoms with E-state index < -0.39 is 11.9 Å². The predicted octanol–water partition coefficient (Wildman–Crippen LogP) is 11.9. The topological polar surface area (TPSA) is 9.23 Å². The van der Waals surface area contributed by atoms with E-state index in [9.17, 15) is 0 Å². The first-order valence-electron chi connectivity index (χ1n) is 16.0. The van der Waals surface area contributed by atoms with E-state index in [0.717, 1.165) is 50.0 Å². The van der Waals surface area contributed by atoms with Gasteiger partial charge in [0.15, 0.2) is 11.6 Å². The molecule has 0 saturated heterocycles. The number of hydrogen-bond donors (Lipinski definition) is 0. The minimum atomic E-state index is -3.53. The number of benzene rings is 2. The average Bonchev–Trinajstić information content (AvgIpc) is 2.94. The first-order chi connectivity index (χ1) is 18.9. The normalized spacial score (nSPS) is 19.8. The Labute approximate surface area is 234 Å². The molecule has 1 nitrogen and oxygen atoms in total. The van der Waals surface area contributed by atoms with E-state index in [2.05, 4.69) is 13.8 Å². The van der Waals surface area contributed by atoms with Crippen LogP contribution in [0.1, 0.15) is 146 Å². The lowest BCUT2D eigenvalue weighted by atomic mass is 9.76. The highest BCUT2D eigenvalue weighted by Crippen LogP contribution is 2.50. The van der Waals surface area contributed by atoms with Crippen LogP contribution in [0.15, 0.2) is 30.3 Å². The van der Waals surface area contributed by atoms with Gasteiger partial charge in [-0.3, -0.25) is 0 Å². The van der Waals surface area contributed by atoms with Crippen LogP contribution in [0.3, 0.4) is 0 Å². The van der Waals surface area contributed by atoms with Crippen LogP contribution in [-0.4, -0.2) is 0 Å². The molecule has 2 aromatic carbocycles. The van der Waals surface area contributed by atoms with E-state index in [1.54, 1.807) is 24.3 Å². The smallest absolute Gasteiger partial charge is 0.425 e. The first-order valence-corrected chi connectivity index (χ1v) is 16.0. The summed E-state index contributed by atoms with van der Waals surface area (Å²) < 4.78 is 50.9. The fraction of sp³-hybridized carbons (Fsp3) is 0.657. The SMILES string of the molecule is CCCCCCCCCC1CCC(c2ccc3c(c2)C(F)(F)Oc2c-3ccc(CCCCCCC)c2F)CC1. The number of unbranched alkanes of at least 4 members (excludes halogenated alkanes) is 10. The molecule has 2 aliphatic rings. The third-order valence-corrected chi connectivity index (χ3v) is 9.14. The number of alkyl halides is 2. The number of aryl methyl sites for hydroxylation is 1. The maximum absolute atomic E-state index is 15.3. The van der Waals surface area contributed by atoms with Crippen molar-refractivity contribution in [3.63, 3.8) is 0 Å². The van der Waals surface area contributed by atoms with Crippen molar-refractivity contribution in [2.75, 3.05) is 0 Å². The largest absolute Gasteiger partial charge is 0.427 e. The van der Waals surface area contributed by atoms with Crippen LogP contribution < -0.4 is 4.74 Å². The van der Waals surface area contributed by atoms with Crippen molar-refractivity contribution in [1.82, 2.24) is 0 Å². The molecule has 1 fully saturated rings. The maximum atomic E-state index is 15.3. The zero-order chi connectivity index (χ0) is 27.7. The molecule has 0 aromatic heterocycles. The summed E-state index contributed by atoms with van der Waals surface area (Å²) in [7, 11) is 0. The second kappa shape index (κ2) is 14.6. The zero-order valence-electron chi connectivity index (χ0n) is 24.3. The van der Waals surface area contributed by atoms with Crippen molar-refractivity contribution < 1.29 is 17.9 Å². The van der Waals surface area contributed by atoms with Gasteiger partial charge in [0, 0.05) is 5.56 Å². The van der Waals surface area contributed by atoms with Crippen molar-refractivity contribution in [1.29, 1.82) is 0 Å². The minimum absolute atomic E-state index is 0.121. The van der Waals surface area contributed by atoms with Gasteiger partial charge in [-0.15, -0.1) is 0 Å². The quantitative estimate of drug-likeness (QED) is 0.203. The van der Waals surface area contributed by atoms with Gasteiger partial charge in [0.2, 0.25) is 0 Å². The van der Waals surface area contributed by atoms with Gasteiger partial charge >= 0.3 is 6.11 Å². The second-order valence-electron chi connectivity index (χ2n) is 12.1. The Kier molecular flexibility index (Phi) is 11.2. The third-order valence-electron chi connectivity index (χ3n) is 9.14. The molecule has 0 unspecified atom stereocenters. The summed E-state index contributed by atoms with van der Waals surface area (Å²) in [6.45, 7) is 4.41. The molecule has 0 N–H and O–H groups in total. The van der Waals surface area contributed by atoms with E-state index in [0.29, 0.717) is 29.0 Å². The Hall–Kier alpha value is -1.97. The highest BCUT2D eigenvalue weighted by molar-refractivity contribution is 5.77. The molecule has 0 bridgehead atoms. The fourth-order valence-electron chi connectivity index (χ4n) is 6.67. The highest BCUT2D eigenvalue weighted by atomic mass is 19.3. The van der Waals surface area contributed by atoms with E-state index in [4.69, 9.17) is 4.74 Å². The Morgan fingerprint density at radius 1 is 0.744 bits per heavy atom. The Balaban J connectivity index is 1.36. The molecule has 0 spiro atoms. The molecule has 4 rings (SSSR count). The predicted molar refractivity (Wildman–Crippen MR) is 156 cm³/mol. The lowest BCUT2D eigenvalue weighted by Gasteiger charge is -2.32.